The van der Waals surface area contributed by atoms with Crippen LogP contribution in [-0.2, 0) is 21.3 Å². The predicted molar refractivity (Wildman–Crippen MR) is 70.3 cm³/mol. The quantitative estimate of drug-likeness (QED) is 0.754. The Bertz CT molecular complexity index is 512. The average Bonchev–Trinajstić information content (AvgIpc) is 2.71. The van der Waals surface area contributed by atoms with Crippen LogP contribution in [-0.4, -0.2) is 60.8 Å². The van der Waals surface area contributed by atoms with Crippen LogP contribution in [0, 0.1) is 6.92 Å². The summed E-state index contributed by atoms with van der Waals surface area (Å²) in [6.07, 6.45) is 0.642. The largest absolute Gasteiger partial charge is 0.389 e. The zero-order valence-electron chi connectivity index (χ0n) is 11.7. The van der Waals surface area contributed by atoms with Crippen molar-refractivity contribution in [2.24, 2.45) is 0 Å². The summed E-state index contributed by atoms with van der Waals surface area (Å²) in [6.45, 7) is 4.38. The Hall–Kier alpha value is -0.960. The van der Waals surface area contributed by atoms with Crippen molar-refractivity contribution in [2.75, 3.05) is 27.3 Å². The maximum atomic E-state index is 12.3. The molecule has 0 aliphatic heterocycles. The lowest BCUT2D eigenvalue weighted by atomic mass is 10.4. The normalized spacial score (nSPS) is 14.0. The molecule has 1 N–H and O–H groups in total. The van der Waals surface area contributed by atoms with Crippen LogP contribution in [0.25, 0.3) is 0 Å². The van der Waals surface area contributed by atoms with Crippen LogP contribution < -0.4 is 0 Å². The molecule has 0 saturated heterocycles. The van der Waals surface area contributed by atoms with E-state index in [1.807, 2.05) is 6.92 Å². The molecule has 0 saturated carbocycles. The van der Waals surface area contributed by atoms with Gasteiger partial charge in [0.15, 0.2) is 5.03 Å². The van der Waals surface area contributed by atoms with Gasteiger partial charge in [-0.3, -0.25) is 0 Å². The van der Waals surface area contributed by atoms with Crippen LogP contribution in [0.15, 0.2) is 11.2 Å². The van der Waals surface area contributed by atoms with E-state index in [1.165, 1.54) is 20.4 Å². The number of rotatable bonds is 7. The van der Waals surface area contributed by atoms with E-state index >= 15 is 0 Å². The van der Waals surface area contributed by atoms with E-state index in [1.54, 1.807) is 11.5 Å². The van der Waals surface area contributed by atoms with Gasteiger partial charge in [0.2, 0.25) is 0 Å². The Kier molecular flexibility index (Phi) is 5.48. The molecule has 1 heterocycles. The monoisotopic (exact) mass is 291 g/mol. The van der Waals surface area contributed by atoms with Crippen LogP contribution in [0.1, 0.15) is 12.7 Å². The molecular formula is C11H21N3O4S. The second-order valence-electron chi connectivity index (χ2n) is 4.31. The lowest BCUT2D eigenvalue weighted by Gasteiger charge is -2.18. The third-order valence-electron chi connectivity index (χ3n) is 2.80. The van der Waals surface area contributed by atoms with E-state index < -0.39 is 16.1 Å². The number of aliphatic hydroxyl groups excluding tert-OH is 1. The number of ether oxygens (including phenoxy) is 1. The highest BCUT2D eigenvalue weighted by Crippen LogP contribution is 2.14. The van der Waals surface area contributed by atoms with Crippen LogP contribution in [0.3, 0.4) is 0 Å². The molecule has 0 aromatic carbocycles. The first-order valence-corrected chi connectivity index (χ1v) is 7.44. The molecule has 0 bridgehead atoms. The number of imidazole rings is 1. The van der Waals surface area contributed by atoms with Gasteiger partial charge in [-0.1, -0.05) is 0 Å². The molecule has 19 heavy (non-hydrogen) atoms. The van der Waals surface area contributed by atoms with Crippen LogP contribution in [0.4, 0.5) is 0 Å². The Morgan fingerprint density at radius 3 is 2.68 bits per heavy atom. The molecule has 0 radical (unpaired) electrons. The van der Waals surface area contributed by atoms with Crippen molar-refractivity contribution in [1.82, 2.24) is 13.9 Å². The summed E-state index contributed by atoms with van der Waals surface area (Å²) in [7, 11) is -0.819. The summed E-state index contributed by atoms with van der Waals surface area (Å²) in [5.41, 5.74) is 0. The predicted octanol–water partition coefficient (Wildman–Crippen LogP) is -0.161. The van der Waals surface area contributed by atoms with Gasteiger partial charge in [-0.25, -0.2) is 13.4 Å². The molecular weight excluding hydrogens is 270 g/mol. The number of nitrogens with zero attached hydrogens (tertiary/aromatic N) is 3. The minimum atomic E-state index is -3.68. The van der Waals surface area contributed by atoms with Crippen molar-refractivity contribution in [3.8, 4) is 0 Å². The molecule has 1 atom stereocenters. The van der Waals surface area contributed by atoms with Gasteiger partial charge < -0.3 is 14.4 Å². The van der Waals surface area contributed by atoms with E-state index in [0.29, 0.717) is 12.4 Å². The van der Waals surface area contributed by atoms with Gasteiger partial charge >= 0.3 is 0 Å². The maximum absolute atomic E-state index is 12.3. The fraction of sp³-hybridized carbons (Fsp3) is 0.727. The summed E-state index contributed by atoms with van der Waals surface area (Å²) in [6, 6.07) is 0. The van der Waals surface area contributed by atoms with Crippen LogP contribution in [0.5, 0.6) is 0 Å². The van der Waals surface area contributed by atoms with Gasteiger partial charge in [0.05, 0.1) is 12.7 Å². The third-order valence-corrected chi connectivity index (χ3v) is 4.49. The zero-order valence-corrected chi connectivity index (χ0v) is 12.5. The number of likely N-dealkylation sites (N-methyl/N-ethyl adjacent to an activating group) is 1. The van der Waals surface area contributed by atoms with Crippen molar-refractivity contribution >= 4 is 10.0 Å². The first-order chi connectivity index (χ1) is 8.82. The standard InChI is InChI=1S/C11H21N3O4S/c1-5-14-7-11(12-9(14)2)19(16,17)13(3)6-10(15)8-18-4/h7,10,15H,5-6,8H2,1-4H3. The van der Waals surface area contributed by atoms with E-state index in [2.05, 4.69) is 4.98 Å². The highest BCUT2D eigenvalue weighted by molar-refractivity contribution is 7.89. The van der Waals surface area contributed by atoms with E-state index in [9.17, 15) is 13.5 Å². The van der Waals surface area contributed by atoms with Gasteiger partial charge in [0.25, 0.3) is 10.0 Å². The van der Waals surface area contributed by atoms with E-state index in [0.717, 1.165) is 4.31 Å². The first kappa shape index (κ1) is 16.1. The molecule has 0 aliphatic rings. The molecule has 0 aliphatic carbocycles. The molecule has 110 valence electrons. The lowest BCUT2D eigenvalue weighted by Crippen LogP contribution is -2.36. The van der Waals surface area contributed by atoms with Crippen molar-refractivity contribution < 1.29 is 18.3 Å². The molecule has 7 nitrogen and oxygen atoms in total. The number of methoxy groups -OCH3 is 1. The molecule has 1 aromatic heterocycles. The van der Waals surface area contributed by atoms with Crippen molar-refractivity contribution in [2.45, 2.75) is 31.5 Å². The number of aliphatic hydroxyl groups is 1. The Morgan fingerprint density at radius 2 is 2.21 bits per heavy atom. The third kappa shape index (κ3) is 3.75. The molecule has 1 rings (SSSR count). The molecule has 0 amide bonds. The van der Waals surface area contributed by atoms with Gasteiger partial charge in [-0.2, -0.15) is 4.31 Å². The highest BCUT2D eigenvalue weighted by atomic mass is 32.2. The van der Waals surface area contributed by atoms with Crippen molar-refractivity contribution in [3.05, 3.63) is 12.0 Å². The van der Waals surface area contributed by atoms with Crippen LogP contribution >= 0.6 is 0 Å². The van der Waals surface area contributed by atoms with Gasteiger partial charge in [0, 0.05) is 33.4 Å². The number of hydrogen-bond donors (Lipinski definition) is 1. The van der Waals surface area contributed by atoms with E-state index in [-0.39, 0.29) is 18.2 Å². The number of hydrogen-bond acceptors (Lipinski definition) is 5. The van der Waals surface area contributed by atoms with Crippen LogP contribution in [0.2, 0.25) is 0 Å². The zero-order chi connectivity index (χ0) is 14.6. The molecule has 0 spiro atoms. The Labute approximate surface area is 113 Å². The summed E-state index contributed by atoms with van der Waals surface area (Å²) in [5.74, 6) is 0.645. The molecule has 0 fully saturated rings. The maximum Gasteiger partial charge on any atom is 0.261 e. The lowest BCUT2D eigenvalue weighted by molar-refractivity contribution is 0.0554. The minimum absolute atomic E-state index is 0.000957. The summed E-state index contributed by atoms with van der Waals surface area (Å²) >= 11 is 0. The Balaban J connectivity index is 2.90. The van der Waals surface area contributed by atoms with Gasteiger partial charge in [-0.05, 0) is 13.8 Å². The smallest absolute Gasteiger partial charge is 0.261 e. The average molecular weight is 291 g/mol. The van der Waals surface area contributed by atoms with E-state index in [4.69, 9.17) is 4.74 Å². The number of sulfonamides is 1. The SMILES string of the molecule is CCn1cc(S(=O)(=O)N(C)CC(O)COC)nc1C. The van der Waals surface area contributed by atoms with Gasteiger partial charge in [-0.15, -0.1) is 0 Å². The Morgan fingerprint density at radius 1 is 1.58 bits per heavy atom. The molecule has 1 unspecified atom stereocenters. The second-order valence-corrected chi connectivity index (χ2v) is 6.30. The van der Waals surface area contributed by atoms with Crippen molar-refractivity contribution in [1.29, 1.82) is 0 Å². The summed E-state index contributed by atoms with van der Waals surface area (Å²) < 4.78 is 32.1. The highest BCUT2D eigenvalue weighted by Gasteiger charge is 2.26. The summed E-state index contributed by atoms with van der Waals surface area (Å²) in [4.78, 5) is 4.05. The molecule has 8 heteroatoms. The topological polar surface area (TPSA) is 84.7 Å². The number of aromatic nitrogens is 2. The second kappa shape index (κ2) is 6.47. The van der Waals surface area contributed by atoms with Gasteiger partial charge in [0.1, 0.15) is 5.82 Å². The summed E-state index contributed by atoms with van der Waals surface area (Å²) in [5, 5.41) is 9.58. The fourth-order valence-corrected chi connectivity index (χ4v) is 2.92. The fourth-order valence-electron chi connectivity index (χ4n) is 1.72. The van der Waals surface area contributed by atoms with Crippen molar-refractivity contribution in [3.63, 3.8) is 0 Å². The first-order valence-electron chi connectivity index (χ1n) is 6.00. The molecule has 1 aromatic rings. The number of aryl methyl sites for hydroxylation is 2. The minimum Gasteiger partial charge on any atom is -0.389 e.